The SMILES string of the molecule is N/C(N=Nc1c(S(=O)(=O)O)cc2ccc(N)cc2c1O)=N\C(N)N. The lowest BCUT2D eigenvalue weighted by Crippen LogP contribution is -2.30. The summed E-state index contributed by atoms with van der Waals surface area (Å²) in [5, 5.41) is 17.8. The Kier molecular flexibility index (Phi) is 4.66. The summed E-state index contributed by atoms with van der Waals surface area (Å²) in [6.45, 7) is 0. The Morgan fingerprint density at radius 2 is 1.88 bits per heavy atom. The highest BCUT2D eigenvalue weighted by atomic mass is 32.2. The van der Waals surface area contributed by atoms with Crippen LogP contribution >= 0.6 is 0 Å². The molecule has 128 valence electrons. The van der Waals surface area contributed by atoms with E-state index in [1.54, 1.807) is 0 Å². The zero-order valence-electron chi connectivity index (χ0n) is 12.2. The van der Waals surface area contributed by atoms with E-state index in [2.05, 4.69) is 15.2 Å². The van der Waals surface area contributed by atoms with Gasteiger partial charge in [0.15, 0.2) is 12.0 Å². The maximum Gasteiger partial charge on any atom is 0.296 e. The molecule has 0 saturated carbocycles. The molecule has 0 aliphatic heterocycles. The summed E-state index contributed by atoms with van der Waals surface area (Å²) < 4.78 is 32.5. The van der Waals surface area contributed by atoms with Crippen molar-refractivity contribution >= 4 is 38.2 Å². The first-order valence-corrected chi connectivity index (χ1v) is 7.82. The van der Waals surface area contributed by atoms with Crippen LogP contribution < -0.4 is 22.9 Å². The second-order valence-corrected chi connectivity index (χ2v) is 6.10. The summed E-state index contributed by atoms with van der Waals surface area (Å²) in [5.74, 6) is -1.00. The van der Waals surface area contributed by atoms with Gasteiger partial charge in [0.1, 0.15) is 10.6 Å². The molecule has 0 aliphatic carbocycles. The first-order chi connectivity index (χ1) is 11.1. The quantitative estimate of drug-likeness (QED) is 0.110. The summed E-state index contributed by atoms with van der Waals surface area (Å²) >= 11 is 0. The molecule has 10 N–H and O–H groups in total. The highest BCUT2D eigenvalue weighted by Crippen LogP contribution is 2.41. The van der Waals surface area contributed by atoms with E-state index in [1.165, 1.54) is 18.2 Å². The van der Waals surface area contributed by atoms with Gasteiger partial charge in [-0.2, -0.15) is 8.42 Å². The molecule has 0 aliphatic rings. The third kappa shape index (κ3) is 3.75. The number of aliphatic imine (C=N–C) groups is 1. The van der Waals surface area contributed by atoms with Gasteiger partial charge in [-0.3, -0.25) is 16.0 Å². The number of azo groups is 1. The lowest BCUT2D eigenvalue weighted by Gasteiger charge is -2.09. The Morgan fingerprint density at radius 1 is 1.21 bits per heavy atom. The Balaban J connectivity index is 2.74. The molecule has 0 radical (unpaired) electrons. The first-order valence-electron chi connectivity index (χ1n) is 6.38. The van der Waals surface area contributed by atoms with Crippen LogP contribution in [0.15, 0.2) is 44.4 Å². The summed E-state index contributed by atoms with van der Waals surface area (Å²) in [6.07, 6.45) is -1.14. The number of nitrogens with two attached hydrogens (primary N) is 4. The predicted octanol–water partition coefficient (Wildman–Crippen LogP) is -0.0263. The molecule has 2 aromatic rings. The molecule has 0 heterocycles. The number of guanidine groups is 1. The zero-order chi connectivity index (χ0) is 18.1. The van der Waals surface area contributed by atoms with Gasteiger partial charge in [0.2, 0.25) is 5.96 Å². The molecule has 0 bridgehead atoms. The fourth-order valence-electron chi connectivity index (χ4n) is 1.93. The van der Waals surface area contributed by atoms with Gasteiger partial charge < -0.3 is 16.6 Å². The number of fused-ring (bicyclic) bond motifs is 1. The third-order valence-corrected chi connectivity index (χ3v) is 3.76. The Bertz CT molecular complexity index is 954. The molecule has 0 unspecified atom stereocenters. The monoisotopic (exact) mass is 353 g/mol. The molecule has 0 saturated heterocycles. The van der Waals surface area contributed by atoms with E-state index < -0.39 is 38.7 Å². The van der Waals surface area contributed by atoms with Crippen LogP contribution in [-0.4, -0.2) is 30.3 Å². The van der Waals surface area contributed by atoms with Gasteiger partial charge in [0.25, 0.3) is 10.1 Å². The van der Waals surface area contributed by atoms with E-state index in [-0.39, 0.29) is 5.39 Å². The van der Waals surface area contributed by atoms with Crippen LogP contribution in [0.3, 0.4) is 0 Å². The number of hydrogen-bond acceptors (Lipinski definition) is 8. The summed E-state index contributed by atoms with van der Waals surface area (Å²) in [6, 6.07) is 5.50. The number of phenolic OH excluding ortho intramolecular Hbond substituents is 1. The number of benzene rings is 2. The molecule has 0 fully saturated rings. The van der Waals surface area contributed by atoms with E-state index in [1.807, 2.05) is 0 Å². The van der Waals surface area contributed by atoms with Crippen molar-refractivity contribution in [2.75, 3.05) is 5.73 Å². The topological polar surface area (TPSA) is 216 Å². The summed E-state index contributed by atoms with van der Waals surface area (Å²) in [4.78, 5) is 2.81. The molecular weight excluding hydrogens is 338 g/mol. The number of rotatable bonds is 3. The van der Waals surface area contributed by atoms with Crippen molar-refractivity contribution in [2.45, 2.75) is 11.2 Å². The van der Waals surface area contributed by atoms with Gasteiger partial charge in [0.05, 0.1) is 0 Å². The van der Waals surface area contributed by atoms with E-state index >= 15 is 0 Å². The summed E-state index contributed by atoms with van der Waals surface area (Å²) in [7, 11) is -4.70. The third-order valence-electron chi connectivity index (χ3n) is 2.89. The van der Waals surface area contributed by atoms with Gasteiger partial charge in [-0.15, -0.1) is 10.2 Å². The molecule has 2 rings (SSSR count). The van der Waals surface area contributed by atoms with E-state index in [0.717, 1.165) is 6.07 Å². The van der Waals surface area contributed by atoms with Crippen molar-refractivity contribution in [1.82, 2.24) is 0 Å². The maximum absolute atomic E-state index is 11.6. The number of phenols is 1. The van der Waals surface area contributed by atoms with Gasteiger partial charge in [-0.25, -0.2) is 4.99 Å². The fraction of sp³-hybridized carbons (Fsp3) is 0.0833. The molecule has 0 spiro atoms. The minimum atomic E-state index is -4.70. The van der Waals surface area contributed by atoms with Crippen molar-refractivity contribution in [3.8, 4) is 5.75 Å². The van der Waals surface area contributed by atoms with Crippen LogP contribution in [0.1, 0.15) is 0 Å². The minimum Gasteiger partial charge on any atom is -0.505 e. The van der Waals surface area contributed by atoms with Crippen LogP contribution in [0.2, 0.25) is 0 Å². The normalized spacial score (nSPS) is 13.2. The van der Waals surface area contributed by atoms with Gasteiger partial charge in [-0.05, 0) is 23.6 Å². The fourth-order valence-corrected chi connectivity index (χ4v) is 2.59. The second-order valence-electron chi connectivity index (χ2n) is 4.71. The van der Waals surface area contributed by atoms with Crippen molar-refractivity contribution < 1.29 is 18.1 Å². The number of nitrogen functional groups attached to an aromatic ring is 1. The molecule has 11 nitrogen and oxygen atoms in total. The second kappa shape index (κ2) is 6.37. The molecule has 0 aromatic heterocycles. The van der Waals surface area contributed by atoms with E-state index in [9.17, 15) is 18.1 Å². The lowest BCUT2D eigenvalue weighted by molar-refractivity contribution is 0.472. The van der Waals surface area contributed by atoms with Crippen molar-refractivity contribution in [1.29, 1.82) is 0 Å². The number of nitrogens with zero attached hydrogens (tertiary/aromatic N) is 3. The molecule has 24 heavy (non-hydrogen) atoms. The van der Waals surface area contributed by atoms with Crippen LogP contribution in [-0.2, 0) is 10.1 Å². The highest BCUT2D eigenvalue weighted by Gasteiger charge is 2.22. The average Bonchev–Trinajstić information content (AvgIpc) is 2.45. The summed E-state index contributed by atoms with van der Waals surface area (Å²) in [5.41, 5.74) is 21.2. The Labute approximate surface area is 136 Å². The lowest BCUT2D eigenvalue weighted by atomic mass is 10.1. The standard InChI is InChI=1S/C12H15N7O4S/c13-6-2-1-5-3-8(24(21,22)23)9(10(20)7(5)4-6)18-19-12(16)17-11(14)15/h1-4,11,20H,13-15H2,(H2,16,17)(H,21,22,23). The number of anilines is 1. The average molecular weight is 353 g/mol. The molecule has 12 heteroatoms. The minimum absolute atomic E-state index is 0.211. The van der Waals surface area contributed by atoms with Gasteiger partial charge in [0, 0.05) is 11.1 Å². The Hall–Kier alpha value is -2.80. The number of aromatic hydroxyl groups is 1. The van der Waals surface area contributed by atoms with Crippen LogP contribution in [0, 0.1) is 0 Å². The van der Waals surface area contributed by atoms with Gasteiger partial charge in [-0.1, -0.05) is 6.07 Å². The number of hydrogen-bond donors (Lipinski definition) is 6. The van der Waals surface area contributed by atoms with Gasteiger partial charge >= 0.3 is 0 Å². The molecular formula is C12H15N7O4S. The van der Waals surface area contributed by atoms with Crippen LogP contribution in [0.25, 0.3) is 10.8 Å². The van der Waals surface area contributed by atoms with Crippen molar-refractivity contribution in [3.05, 3.63) is 24.3 Å². The van der Waals surface area contributed by atoms with E-state index in [4.69, 9.17) is 22.9 Å². The zero-order valence-corrected chi connectivity index (χ0v) is 13.0. The molecule has 0 amide bonds. The van der Waals surface area contributed by atoms with Crippen molar-refractivity contribution in [3.63, 3.8) is 0 Å². The van der Waals surface area contributed by atoms with Crippen LogP contribution in [0.5, 0.6) is 5.75 Å². The largest absolute Gasteiger partial charge is 0.505 e. The maximum atomic E-state index is 11.6. The van der Waals surface area contributed by atoms with Crippen molar-refractivity contribution in [2.24, 2.45) is 32.4 Å². The first kappa shape index (κ1) is 17.6. The molecule has 0 atom stereocenters. The Morgan fingerprint density at radius 3 is 2.46 bits per heavy atom. The predicted molar refractivity (Wildman–Crippen MR) is 88.1 cm³/mol. The highest BCUT2D eigenvalue weighted by molar-refractivity contribution is 7.86. The van der Waals surface area contributed by atoms with E-state index in [0.29, 0.717) is 11.1 Å². The van der Waals surface area contributed by atoms with Crippen LogP contribution in [0.4, 0.5) is 11.4 Å². The smallest absolute Gasteiger partial charge is 0.296 e. The molecule has 2 aromatic carbocycles.